The Morgan fingerprint density at radius 2 is 1.75 bits per heavy atom. The molecular formula is C18H16BrClO3S. The predicted octanol–water partition coefficient (Wildman–Crippen LogP) is 5.72. The van der Waals surface area contributed by atoms with Crippen LogP contribution in [0.4, 0.5) is 0 Å². The van der Waals surface area contributed by atoms with Gasteiger partial charge in [-0.1, -0.05) is 51.4 Å². The molecule has 0 heterocycles. The molecule has 0 N–H and O–H groups in total. The smallest absolute Gasteiger partial charge is 0.302 e. The van der Waals surface area contributed by atoms with Crippen LogP contribution >= 0.6 is 39.3 Å². The third kappa shape index (κ3) is 5.58. The molecule has 0 aliphatic rings. The molecule has 0 unspecified atom stereocenters. The van der Waals surface area contributed by atoms with Gasteiger partial charge in [0, 0.05) is 21.2 Å². The molecule has 0 aliphatic heterocycles. The summed E-state index contributed by atoms with van der Waals surface area (Å²) < 4.78 is 11.3. The number of esters is 1. The Kier molecular flexibility index (Phi) is 7.21. The van der Waals surface area contributed by atoms with Gasteiger partial charge in [0.25, 0.3) is 0 Å². The van der Waals surface area contributed by atoms with Crippen LogP contribution in [0.25, 0.3) is 5.03 Å². The van der Waals surface area contributed by atoms with E-state index in [1.54, 1.807) is 7.11 Å². The molecule has 0 atom stereocenters. The summed E-state index contributed by atoms with van der Waals surface area (Å²) in [6.45, 7) is 1.50. The first-order valence-corrected chi connectivity index (χ1v) is 9.08. The second kappa shape index (κ2) is 9.16. The maximum Gasteiger partial charge on any atom is 0.302 e. The van der Waals surface area contributed by atoms with Gasteiger partial charge in [-0.25, -0.2) is 0 Å². The van der Waals surface area contributed by atoms with Crippen LogP contribution in [-0.4, -0.2) is 19.7 Å². The van der Waals surface area contributed by atoms with Crippen molar-refractivity contribution in [2.24, 2.45) is 0 Å². The van der Waals surface area contributed by atoms with Crippen LogP contribution in [0, 0.1) is 0 Å². The number of carbonyl (C=O) groups excluding carboxylic acids is 1. The fraction of sp³-hybridized carbons (Fsp3) is 0.167. The number of hydrogen-bond donors (Lipinski definition) is 0. The molecule has 24 heavy (non-hydrogen) atoms. The van der Waals surface area contributed by atoms with Crippen LogP contribution < -0.4 is 4.74 Å². The number of hydrogen-bond acceptors (Lipinski definition) is 4. The summed E-state index contributed by atoms with van der Waals surface area (Å²) in [6, 6.07) is 15.3. The lowest BCUT2D eigenvalue weighted by atomic mass is 10.2. The van der Waals surface area contributed by atoms with Crippen molar-refractivity contribution in [1.82, 2.24) is 0 Å². The number of rotatable bonds is 6. The van der Waals surface area contributed by atoms with E-state index < -0.39 is 0 Å². The molecule has 126 valence electrons. The summed E-state index contributed by atoms with van der Waals surface area (Å²) in [4.78, 5) is 12.9. The maximum atomic E-state index is 11.2. The monoisotopic (exact) mass is 426 g/mol. The Bertz CT molecular complexity index is 727. The normalized spacial score (nSPS) is 11.7. The van der Waals surface area contributed by atoms with Gasteiger partial charge >= 0.3 is 5.97 Å². The standard InChI is InChI=1S/C18H16BrClO3S/c1-12(21)23-11-17(18(20)13-3-5-14(19)6-4-13)24-16-9-7-15(22-2)8-10-16/h3-10H,11H2,1-2H3/b18-17-. The molecule has 0 bridgehead atoms. The van der Waals surface area contributed by atoms with Gasteiger partial charge in [-0.05, 0) is 42.0 Å². The van der Waals surface area contributed by atoms with E-state index in [1.807, 2.05) is 48.5 Å². The first-order chi connectivity index (χ1) is 11.5. The average Bonchev–Trinajstić information content (AvgIpc) is 2.59. The lowest BCUT2D eigenvalue weighted by molar-refractivity contribution is -0.139. The van der Waals surface area contributed by atoms with Crippen molar-refractivity contribution in [3.05, 3.63) is 63.5 Å². The molecule has 0 aliphatic carbocycles. The van der Waals surface area contributed by atoms with Crippen molar-refractivity contribution >= 4 is 50.3 Å². The van der Waals surface area contributed by atoms with E-state index in [-0.39, 0.29) is 12.6 Å². The molecule has 6 heteroatoms. The maximum absolute atomic E-state index is 11.2. The molecule has 2 aromatic rings. The minimum atomic E-state index is -0.344. The Morgan fingerprint density at radius 1 is 1.12 bits per heavy atom. The summed E-state index contributed by atoms with van der Waals surface area (Å²) in [6.07, 6.45) is 0. The molecule has 0 aromatic heterocycles. The van der Waals surface area contributed by atoms with Gasteiger partial charge < -0.3 is 9.47 Å². The van der Waals surface area contributed by atoms with Crippen LogP contribution in [-0.2, 0) is 9.53 Å². The van der Waals surface area contributed by atoms with Crippen molar-refractivity contribution < 1.29 is 14.3 Å². The molecular weight excluding hydrogens is 412 g/mol. The lowest BCUT2D eigenvalue weighted by Gasteiger charge is -2.11. The number of ether oxygens (including phenoxy) is 2. The largest absolute Gasteiger partial charge is 0.497 e. The second-order valence-electron chi connectivity index (χ2n) is 4.80. The SMILES string of the molecule is COc1ccc(S/C(COC(C)=O)=C(\Cl)c2ccc(Br)cc2)cc1. The first kappa shape index (κ1) is 18.9. The molecule has 0 saturated heterocycles. The summed E-state index contributed by atoms with van der Waals surface area (Å²) in [5.74, 6) is 0.437. The van der Waals surface area contributed by atoms with Crippen LogP contribution in [0.5, 0.6) is 5.75 Å². The van der Waals surface area contributed by atoms with E-state index >= 15 is 0 Å². The highest BCUT2D eigenvalue weighted by Crippen LogP contribution is 2.36. The Morgan fingerprint density at radius 3 is 2.29 bits per heavy atom. The third-order valence-corrected chi connectivity index (χ3v) is 5.21. The number of carbonyl (C=O) groups is 1. The van der Waals surface area contributed by atoms with Gasteiger partial charge in [0.2, 0.25) is 0 Å². The van der Waals surface area contributed by atoms with Crippen LogP contribution in [0.2, 0.25) is 0 Å². The highest BCUT2D eigenvalue weighted by molar-refractivity contribution is 9.10. The van der Waals surface area contributed by atoms with Gasteiger partial charge in [-0.2, -0.15) is 0 Å². The second-order valence-corrected chi connectivity index (χ2v) is 7.26. The van der Waals surface area contributed by atoms with E-state index in [1.165, 1.54) is 18.7 Å². The number of methoxy groups -OCH3 is 1. The fourth-order valence-corrected chi connectivity index (χ4v) is 3.29. The Hall–Kier alpha value is -1.43. The molecule has 2 rings (SSSR count). The fourth-order valence-electron chi connectivity index (χ4n) is 1.85. The highest BCUT2D eigenvalue weighted by atomic mass is 79.9. The molecule has 0 radical (unpaired) electrons. The molecule has 0 saturated carbocycles. The molecule has 0 amide bonds. The van der Waals surface area contributed by atoms with E-state index in [2.05, 4.69) is 15.9 Å². The summed E-state index contributed by atoms with van der Waals surface area (Å²) in [5, 5.41) is 0.560. The van der Waals surface area contributed by atoms with Crippen molar-refractivity contribution in [1.29, 1.82) is 0 Å². The number of halogens is 2. The van der Waals surface area contributed by atoms with Gasteiger partial charge in [-0.3, -0.25) is 4.79 Å². The van der Waals surface area contributed by atoms with E-state index in [9.17, 15) is 4.79 Å². The van der Waals surface area contributed by atoms with Crippen molar-refractivity contribution in [3.8, 4) is 5.75 Å². The Labute approximate surface area is 159 Å². The first-order valence-electron chi connectivity index (χ1n) is 7.09. The quantitative estimate of drug-likeness (QED) is 0.436. The van der Waals surface area contributed by atoms with Gasteiger partial charge in [-0.15, -0.1) is 0 Å². The van der Waals surface area contributed by atoms with Gasteiger partial charge in [0.05, 0.1) is 12.1 Å². The highest BCUT2D eigenvalue weighted by Gasteiger charge is 2.12. The zero-order valence-corrected chi connectivity index (χ0v) is 16.4. The van der Waals surface area contributed by atoms with E-state index in [4.69, 9.17) is 21.1 Å². The van der Waals surface area contributed by atoms with E-state index in [0.717, 1.165) is 25.6 Å². The lowest BCUT2D eigenvalue weighted by Crippen LogP contribution is -2.02. The van der Waals surface area contributed by atoms with Crippen molar-refractivity contribution in [2.45, 2.75) is 11.8 Å². The zero-order chi connectivity index (χ0) is 17.5. The van der Waals surface area contributed by atoms with Crippen molar-refractivity contribution in [2.75, 3.05) is 13.7 Å². The van der Waals surface area contributed by atoms with Crippen LogP contribution in [0.1, 0.15) is 12.5 Å². The number of thioether (sulfide) groups is 1. The molecule has 3 nitrogen and oxygen atoms in total. The molecule has 2 aromatic carbocycles. The van der Waals surface area contributed by atoms with E-state index in [0.29, 0.717) is 5.03 Å². The van der Waals surface area contributed by atoms with Gasteiger partial charge in [0.1, 0.15) is 12.4 Å². The minimum absolute atomic E-state index is 0.126. The summed E-state index contributed by atoms with van der Waals surface area (Å²) in [7, 11) is 1.62. The zero-order valence-electron chi connectivity index (χ0n) is 13.2. The predicted molar refractivity (Wildman–Crippen MR) is 102 cm³/mol. The summed E-state index contributed by atoms with van der Waals surface area (Å²) >= 11 is 11.4. The van der Waals surface area contributed by atoms with Crippen LogP contribution in [0.3, 0.4) is 0 Å². The number of benzene rings is 2. The van der Waals surface area contributed by atoms with Gasteiger partial charge in [0.15, 0.2) is 0 Å². The topological polar surface area (TPSA) is 35.5 Å². The Balaban J connectivity index is 2.29. The molecule has 0 fully saturated rings. The van der Waals surface area contributed by atoms with Crippen LogP contribution in [0.15, 0.2) is 62.8 Å². The average molecular weight is 428 g/mol. The minimum Gasteiger partial charge on any atom is -0.497 e. The molecule has 0 spiro atoms. The third-order valence-electron chi connectivity index (χ3n) is 3.05. The summed E-state index contributed by atoms with van der Waals surface area (Å²) in [5.41, 5.74) is 0.864. The van der Waals surface area contributed by atoms with Crippen molar-refractivity contribution in [3.63, 3.8) is 0 Å².